The number of carbonyl (C=O) groups excluding carboxylic acids is 2. The third-order valence-corrected chi connectivity index (χ3v) is 3.49. The topological polar surface area (TPSA) is 43.4 Å². The van der Waals surface area contributed by atoms with Gasteiger partial charge in [-0.1, -0.05) is 29.8 Å². The number of hydrogen-bond acceptors (Lipinski definition) is 4. The molecule has 0 saturated heterocycles. The summed E-state index contributed by atoms with van der Waals surface area (Å²) in [7, 11) is 1.62. The molecular weight excluding hydrogens is 272 g/mol. The Hall–Kier alpha value is -2.07. The SMILES string of the molecule is C=O.COc1ccc(SC(=O)c2ccc(C)cc2)cc1. The predicted molar refractivity (Wildman–Crippen MR) is 81.5 cm³/mol. The lowest BCUT2D eigenvalue weighted by molar-refractivity contribution is -0.0979. The second-order valence-electron chi connectivity index (χ2n) is 3.93. The van der Waals surface area contributed by atoms with Crippen LogP contribution in [0, 0.1) is 6.92 Å². The van der Waals surface area contributed by atoms with E-state index in [0.29, 0.717) is 0 Å². The standard InChI is InChI=1S/C15H14O2S.CH2O/c1-11-3-5-12(6-4-11)15(16)18-14-9-7-13(17-2)8-10-14;1-2/h3-10H,1-2H3;1H2. The Morgan fingerprint density at radius 3 is 2.05 bits per heavy atom. The summed E-state index contributed by atoms with van der Waals surface area (Å²) in [5.41, 5.74) is 1.88. The van der Waals surface area contributed by atoms with Crippen molar-refractivity contribution in [1.29, 1.82) is 0 Å². The van der Waals surface area contributed by atoms with E-state index in [4.69, 9.17) is 9.53 Å². The second kappa shape index (κ2) is 8.17. The van der Waals surface area contributed by atoms with Crippen molar-refractivity contribution in [1.82, 2.24) is 0 Å². The molecule has 0 aromatic heterocycles. The molecule has 0 heterocycles. The van der Waals surface area contributed by atoms with Gasteiger partial charge in [-0.25, -0.2) is 0 Å². The molecular formula is C16H16O3S. The van der Waals surface area contributed by atoms with Gasteiger partial charge < -0.3 is 9.53 Å². The molecule has 0 unspecified atom stereocenters. The average Bonchev–Trinajstić information content (AvgIpc) is 2.50. The van der Waals surface area contributed by atoms with E-state index in [1.165, 1.54) is 11.8 Å². The molecule has 0 aliphatic heterocycles. The summed E-state index contributed by atoms with van der Waals surface area (Å²) in [5, 5.41) is 0.0557. The first kappa shape index (κ1) is 16.0. The zero-order chi connectivity index (χ0) is 15.0. The van der Waals surface area contributed by atoms with Gasteiger partial charge in [0.2, 0.25) is 5.12 Å². The maximum atomic E-state index is 12.0. The minimum atomic E-state index is 0.0557. The maximum absolute atomic E-state index is 12.0. The Morgan fingerprint density at radius 2 is 1.55 bits per heavy atom. The summed E-state index contributed by atoms with van der Waals surface area (Å²) in [6.07, 6.45) is 0. The summed E-state index contributed by atoms with van der Waals surface area (Å²) < 4.78 is 5.08. The molecule has 0 saturated carbocycles. The van der Waals surface area contributed by atoms with E-state index in [1.54, 1.807) is 7.11 Å². The van der Waals surface area contributed by atoms with Crippen LogP contribution in [0.25, 0.3) is 0 Å². The largest absolute Gasteiger partial charge is 0.497 e. The lowest BCUT2D eigenvalue weighted by Crippen LogP contribution is -1.93. The summed E-state index contributed by atoms with van der Waals surface area (Å²) in [4.78, 5) is 20.9. The molecule has 0 N–H and O–H groups in total. The number of ether oxygens (including phenoxy) is 1. The molecule has 0 radical (unpaired) electrons. The molecule has 2 aromatic rings. The van der Waals surface area contributed by atoms with E-state index in [2.05, 4.69) is 0 Å². The molecule has 104 valence electrons. The average molecular weight is 288 g/mol. The highest BCUT2D eigenvalue weighted by molar-refractivity contribution is 8.14. The van der Waals surface area contributed by atoms with Gasteiger partial charge in [0.25, 0.3) is 0 Å². The molecule has 0 aliphatic carbocycles. The zero-order valence-corrected chi connectivity index (χ0v) is 12.3. The Labute approximate surface area is 123 Å². The molecule has 2 rings (SSSR count). The fraction of sp³-hybridized carbons (Fsp3) is 0.125. The van der Waals surface area contributed by atoms with Crippen LogP contribution in [0.3, 0.4) is 0 Å². The van der Waals surface area contributed by atoms with E-state index in [1.807, 2.05) is 62.2 Å². The second-order valence-corrected chi connectivity index (χ2v) is 4.98. The van der Waals surface area contributed by atoms with Gasteiger partial charge >= 0.3 is 0 Å². The fourth-order valence-corrected chi connectivity index (χ4v) is 2.24. The van der Waals surface area contributed by atoms with Crippen molar-refractivity contribution in [3.05, 3.63) is 59.7 Å². The highest BCUT2D eigenvalue weighted by Gasteiger charge is 2.07. The number of thioether (sulfide) groups is 1. The van der Waals surface area contributed by atoms with Crippen molar-refractivity contribution in [2.24, 2.45) is 0 Å². The Balaban J connectivity index is 0.000000956. The summed E-state index contributed by atoms with van der Waals surface area (Å²) in [6, 6.07) is 15.1. The summed E-state index contributed by atoms with van der Waals surface area (Å²) in [5.74, 6) is 0.794. The van der Waals surface area contributed by atoms with Gasteiger partial charge in [0.15, 0.2) is 0 Å². The Bertz CT molecular complexity index is 547. The molecule has 0 amide bonds. The molecule has 0 bridgehead atoms. The van der Waals surface area contributed by atoms with Gasteiger partial charge in [-0.3, -0.25) is 4.79 Å². The zero-order valence-electron chi connectivity index (χ0n) is 11.5. The molecule has 0 atom stereocenters. The van der Waals surface area contributed by atoms with Crippen molar-refractivity contribution < 1.29 is 14.3 Å². The quantitative estimate of drug-likeness (QED) is 0.807. The van der Waals surface area contributed by atoms with Crippen LogP contribution in [0.2, 0.25) is 0 Å². The van der Waals surface area contributed by atoms with Crippen molar-refractivity contribution in [2.45, 2.75) is 11.8 Å². The number of aryl methyl sites for hydroxylation is 1. The van der Waals surface area contributed by atoms with Crippen LogP contribution in [-0.2, 0) is 4.79 Å². The van der Waals surface area contributed by atoms with Crippen LogP contribution in [0.4, 0.5) is 0 Å². The van der Waals surface area contributed by atoms with E-state index >= 15 is 0 Å². The first-order valence-electron chi connectivity index (χ1n) is 5.91. The minimum absolute atomic E-state index is 0.0557. The molecule has 4 heteroatoms. The number of hydrogen-bond donors (Lipinski definition) is 0. The normalized spacial score (nSPS) is 9.30. The van der Waals surface area contributed by atoms with Crippen molar-refractivity contribution in [2.75, 3.05) is 7.11 Å². The fourth-order valence-electron chi connectivity index (χ4n) is 1.50. The summed E-state index contributed by atoms with van der Waals surface area (Å²) >= 11 is 1.23. The number of methoxy groups -OCH3 is 1. The molecule has 0 fully saturated rings. The smallest absolute Gasteiger partial charge is 0.224 e. The third-order valence-electron chi connectivity index (χ3n) is 2.56. The van der Waals surface area contributed by atoms with Gasteiger partial charge in [0.05, 0.1) is 7.11 Å². The number of carbonyl (C=O) groups is 2. The van der Waals surface area contributed by atoms with Crippen LogP contribution in [-0.4, -0.2) is 19.0 Å². The van der Waals surface area contributed by atoms with Crippen molar-refractivity contribution in [3.63, 3.8) is 0 Å². The monoisotopic (exact) mass is 288 g/mol. The van der Waals surface area contributed by atoms with Crippen LogP contribution in [0.5, 0.6) is 5.75 Å². The third kappa shape index (κ3) is 4.55. The summed E-state index contributed by atoms with van der Waals surface area (Å²) in [6.45, 7) is 4.00. The van der Waals surface area contributed by atoms with Crippen LogP contribution in [0.15, 0.2) is 53.4 Å². The van der Waals surface area contributed by atoms with E-state index < -0.39 is 0 Å². The first-order chi connectivity index (χ1) is 9.69. The highest BCUT2D eigenvalue weighted by Crippen LogP contribution is 2.24. The first-order valence-corrected chi connectivity index (χ1v) is 6.72. The van der Waals surface area contributed by atoms with Gasteiger partial charge in [-0.15, -0.1) is 0 Å². The molecule has 0 spiro atoms. The van der Waals surface area contributed by atoms with Crippen molar-refractivity contribution >= 4 is 23.7 Å². The predicted octanol–water partition coefficient (Wildman–Crippen LogP) is 3.75. The molecule has 0 aliphatic rings. The van der Waals surface area contributed by atoms with Gasteiger partial charge in [-0.2, -0.15) is 0 Å². The molecule has 20 heavy (non-hydrogen) atoms. The number of rotatable bonds is 3. The van der Waals surface area contributed by atoms with Crippen LogP contribution in [0.1, 0.15) is 15.9 Å². The van der Waals surface area contributed by atoms with Gasteiger partial charge in [0.1, 0.15) is 12.5 Å². The Morgan fingerprint density at radius 1 is 1.00 bits per heavy atom. The lowest BCUT2D eigenvalue weighted by Gasteiger charge is -2.03. The van der Waals surface area contributed by atoms with Crippen molar-refractivity contribution in [3.8, 4) is 5.75 Å². The van der Waals surface area contributed by atoms with Gasteiger partial charge in [0, 0.05) is 10.5 Å². The van der Waals surface area contributed by atoms with E-state index in [0.717, 1.165) is 21.8 Å². The van der Waals surface area contributed by atoms with Gasteiger partial charge in [-0.05, 0) is 43.0 Å². The maximum Gasteiger partial charge on any atom is 0.224 e. The number of benzene rings is 2. The molecule has 2 aromatic carbocycles. The van der Waals surface area contributed by atoms with E-state index in [-0.39, 0.29) is 5.12 Å². The molecule has 3 nitrogen and oxygen atoms in total. The van der Waals surface area contributed by atoms with Crippen LogP contribution < -0.4 is 4.74 Å². The highest BCUT2D eigenvalue weighted by atomic mass is 32.2. The van der Waals surface area contributed by atoms with E-state index in [9.17, 15) is 4.79 Å². The lowest BCUT2D eigenvalue weighted by atomic mass is 10.2. The Kier molecular flexibility index (Phi) is 6.53. The van der Waals surface area contributed by atoms with Crippen LogP contribution >= 0.6 is 11.8 Å². The minimum Gasteiger partial charge on any atom is -0.497 e.